The first-order chi connectivity index (χ1) is 11.6. The van der Waals surface area contributed by atoms with Crippen molar-refractivity contribution in [2.24, 2.45) is 0 Å². The van der Waals surface area contributed by atoms with Crippen molar-refractivity contribution in [2.75, 3.05) is 18.5 Å². The highest BCUT2D eigenvalue weighted by Gasteiger charge is 2.08. The van der Waals surface area contributed by atoms with E-state index in [1.54, 1.807) is 30.3 Å². The number of amides is 1. The van der Waals surface area contributed by atoms with Gasteiger partial charge in [0.2, 0.25) is 0 Å². The van der Waals surface area contributed by atoms with Crippen molar-refractivity contribution in [1.82, 2.24) is 0 Å². The van der Waals surface area contributed by atoms with Gasteiger partial charge in [0.15, 0.2) is 6.61 Å². The molecule has 0 saturated heterocycles. The summed E-state index contributed by atoms with van der Waals surface area (Å²) in [6.45, 7) is 2.47. The minimum absolute atomic E-state index is 0.0867. The lowest BCUT2D eigenvalue weighted by atomic mass is 10.3. The van der Waals surface area contributed by atoms with Gasteiger partial charge in [-0.2, -0.15) is 0 Å². The number of carbonyl (C=O) groups excluding carboxylic acids is 1. The molecule has 0 atom stereocenters. The van der Waals surface area contributed by atoms with Crippen LogP contribution in [-0.4, -0.2) is 24.0 Å². The number of hydrogen-bond acceptors (Lipinski definition) is 5. The predicted molar refractivity (Wildman–Crippen MR) is 89.4 cm³/mol. The molecule has 2 rings (SSSR count). The summed E-state index contributed by atoms with van der Waals surface area (Å²) in [4.78, 5) is 22.0. The summed E-state index contributed by atoms with van der Waals surface area (Å²) in [6.07, 6.45) is 0.927. The van der Waals surface area contributed by atoms with Gasteiger partial charge in [-0.15, -0.1) is 0 Å². The smallest absolute Gasteiger partial charge is 0.271 e. The Labute approximate surface area is 139 Å². The summed E-state index contributed by atoms with van der Waals surface area (Å²) in [6, 6.07) is 12.7. The molecule has 0 aromatic heterocycles. The number of nitro groups is 1. The van der Waals surface area contributed by atoms with Crippen LogP contribution in [0.15, 0.2) is 48.5 Å². The number of nitro benzene ring substituents is 1. The summed E-state index contributed by atoms with van der Waals surface area (Å²) >= 11 is 0. The third-order valence-corrected chi connectivity index (χ3v) is 3.01. The van der Waals surface area contributed by atoms with Gasteiger partial charge in [0.1, 0.15) is 11.5 Å². The van der Waals surface area contributed by atoms with Crippen LogP contribution in [0.2, 0.25) is 0 Å². The van der Waals surface area contributed by atoms with E-state index in [0.29, 0.717) is 18.0 Å². The van der Waals surface area contributed by atoms with E-state index in [4.69, 9.17) is 9.47 Å². The van der Waals surface area contributed by atoms with E-state index in [-0.39, 0.29) is 12.3 Å². The van der Waals surface area contributed by atoms with Gasteiger partial charge in [0.25, 0.3) is 11.6 Å². The van der Waals surface area contributed by atoms with Crippen LogP contribution in [0.1, 0.15) is 13.3 Å². The SMILES string of the molecule is CCCOc1ccc(OCC(=O)Nc2cccc([N+](=O)[O-])c2)cc1. The van der Waals surface area contributed by atoms with Crippen LogP contribution in [0, 0.1) is 10.1 Å². The number of hydrogen-bond donors (Lipinski definition) is 1. The monoisotopic (exact) mass is 330 g/mol. The van der Waals surface area contributed by atoms with Crippen LogP contribution in [-0.2, 0) is 4.79 Å². The molecule has 0 radical (unpaired) electrons. The Balaban J connectivity index is 1.84. The largest absolute Gasteiger partial charge is 0.494 e. The molecular formula is C17H18N2O5. The molecular weight excluding hydrogens is 312 g/mol. The molecule has 1 N–H and O–H groups in total. The lowest BCUT2D eigenvalue weighted by Gasteiger charge is -2.09. The Kier molecular flexibility index (Phi) is 6.13. The Hall–Kier alpha value is -3.09. The number of nitrogens with one attached hydrogen (secondary N) is 1. The molecule has 0 aliphatic carbocycles. The zero-order valence-electron chi connectivity index (χ0n) is 13.2. The van der Waals surface area contributed by atoms with Crippen LogP contribution in [0.3, 0.4) is 0 Å². The second kappa shape index (κ2) is 8.52. The molecule has 0 spiro atoms. The number of nitrogens with zero attached hydrogens (tertiary/aromatic N) is 1. The lowest BCUT2D eigenvalue weighted by Crippen LogP contribution is -2.20. The molecule has 7 nitrogen and oxygen atoms in total. The zero-order valence-corrected chi connectivity index (χ0v) is 13.2. The van der Waals surface area contributed by atoms with E-state index in [0.717, 1.165) is 12.2 Å². The average Bonchev–Trinajstić information content (AvgIpc) is 2.59. The first-order valence-electron chi connectivity index (χ1n) is 7.48. The quantitative estimate of drug-likeness (QED) is 0.592. The summed E-state index contributed by atoms with van der Waals surface area (Å²) in [7, 11) is 0. The van der Waals surface area contributed by atoms with E-state index >= 15 is 0 Å². The summed E-state index contributed by atoms with van der Waals surface area (Å²) in [5, 5.41) is 13.3. The van der Waals surface area contributed by atoms with Crippen molar-refractivity contribution in [3.63, 3.8) is 0 Å². The van der Waals surface area contributed by atoms with Gasteiger partial charge in [0.05, 0.1) is 11.5 Å². The Morgan fingerprint density at radius 1 is 1.12 bits per heavy atom. The Morgan fingerprint density at radius 2 is 1.79 bits per heavy atom. The maximum absolute atomic E-state index is 11.8. The van der Waals surface area contributed by atoms with Crippen LogP contribution < -0.4 is 14.8 Å². The van der Waals surface area contributed by atoms with Crippen molar-refractivity contribution < 1.29 is 19.2 Å². The normalized spacial score (nSPS) is 10.0. The maximum Gasteiger partial charge on any atom is 0.271 e. The minimum Gasteiger partial charge on any atom is -0.494 e. The molecule has 126 valence electrons. The summed E-state index contributed by atoms with van der Waals surface area (Å²) in [5.74, 6) is 0.875. The number of benzene rings is 2. The second-order valence-corrected chi connectivity index (χ2v) is 4.96. The fourth-order valence-electron chi connectivity index (χ4n) is 1.90. The molecule has 0 fully saturated rings. The van der Waals surface area contributed by atoms with Crippen molar-refractivity contribution in [2.45, 2.75) is 13.3 Å². The van der Waals surface area contributed by atoms with Crippen LogP contribution in [0.5, 0.6) is 11.5 Å². The van der Waals surface area contributed by atoms with Gasteiger partial charge in [-0.25, -0.2) is 0 Å². The van der Waals surface area contributed by atoms with Crippen LogP contribution in [0.25, 0.3) is 0 Å². The molecule has 24 heavy (non-hydrogen) atoms. The number of carbonyl (C=O) groups is 1. The molecule has 2 aromatic rings. The van der Waals surface area contributed by atoms with Crippen molar-refractivity contribution >= 4 is 17.3 Å². The number of anilines is 1. The predicted octanol–water partition coefficient (Wildman–Crippen LogP) is 3.40. The van der Waals surface area contributed by atoms with E-state index in [1.165, 1.54) is 18.2 Å². The number of non-ortho nitro benzene ring substituents is 1. The lowest BCUT2D eigenvalue weighted by molar-refractivity contribution is -0.384. The van der Waals surface area contributed by atoms with Gasteiger partial charge in [0, 0.05) is 17.8 Å². The first kappa shape index (κ1) is 17.3. The van der Waals surface area contributed by atoms with Gasteiger partial charge in [-0.05, 0) is 36.8 Å². The molecule has 7 heteroatoms. The molecule has 1 amide bonds. The van der Waals surface area contributed by atoms with E-state index in [9.17, 15) is 14.9 Å². The Morgan fingerprint density at radius 3 is 2.42 bits per heavy atom. The third kappa shape index (κ3) is 5.28. The average molecular weight is 330 g/mol. The third-order valence-electron chi connectivity index (χ3n) is 3.01. The maximum atomic E-state index is 11.8. The van der Waals surface area contributed by atoms with Gasteiger partial charge < -0.3 is 14.8 Å². The highest BCUT2D eigenvalue weighted by atomic mass is 16.6. The molecule has 0 unspecified atom stereocenters. The number of ether oxygens (including phenoxy) is 2. The molecule has 0 saturated carbocycles. The zero-order chi connectivity index (χ0) is 17.4. The van der Waals surface area contributed by atoms with Crippen molar-refractivity contribution in [1.29, 1.82) is 0 Å². The molecule has 0 aliphatic heterocycles. The fourth-order valence-corrected chi connectivity index (χ4v) is 1.90. The van der Waals surface area contributed by atoms with Crippen LogP contribution in [0.4, 0.5) is 11.4 Å². The van der Waals surface area contributed by atoms with Gasteiger partial charge >= 0.3 is 0 Å². The van der Waals surface area contributed by atoms with Gasteiger partial charge in [-0.1, -0.05) is 13.0 Å². The van der Waals surface area contributed by atoms with Crippen molar-refractivity contribution in [3.05, 3.63) is 58.6 Å². The highest BCUT2D eigenvalue weighted by Crippen LogP contribution is 2.19. The van der Waals surface area contributed by atoms with Gasteiger partial charge in [-0.3, -0.25) is 14.9 Å². The molecule has 0 heterocycles. The highest BCUT2D eigenvalue weighted by molar-refractivity contribution is 5.92. The van der Waals surface area contributed by atoms with Crippen molar-refractivity contribution in [3.8, 4) is 11.5 Å². The topological polar surface area (TPSA) is 90.7 Å². The standard InChI is InChI=1S/C17H18N2O5/c1-2-10-23-15-6-8-16(9-7-15)24-12-17(20)18-13-4-3-5-14(11-13)19(21)22/h3-9,11H,2,10,12H2,1H3,(H,18,20). The fraction of sp³-hybridized carbons (Fsp3) is 0.235. The summed E-state index contributed by atoms with van der Waals surface area (Å²) in [5.41, 5.74) is 0.262. The first-order valence-corrected chi connectivity index (χ1v) is 7.48. The molecule has 0 aliphatic rings. The van der Waals surface area contributed by atoms with E-state index < -0.39 is 10.8 Å². The van der Waals surface area contributed by atoms with E-state index in [2.05, 4.69) is 5.32 Å². The van der Waals surface area contributed by atoms with E-state index in [1.807, 2.05) is 6.92 Å². The Bertz CT molecular complexity index is 700. The van der Waals surface area contributed by atoms with Crippen LogP contribution >= 0.6 is 0 Å². The second-order valence-electron chi connectivity index (χ2n) is 4.96. The molecule has 2 aromatic carbocycles. The summed E-state index contributed by atoms with van der Waals surface area (Å²) < 4.78 is 10.8. The number of rotatable bonds is 8. The molecule has 0 bridgehead atoms. The minimum atomic E-state index is -0.520.